The third-order valence-corrected chi connectivity index (χ3v) is 4.26. The van der Waals surface area contributed by atoms with Gasteiger partial charge in [-0.1, -0.05) is 16.8 Å². The van der Waals surface area contributed by atoms with E-state index in [1.54, 1.807) is 17.5 Å². The summed E-state index contributed by atoms with van der Waals surface area (Å²) >= 11 is 10.9. The Hall–Kier alpha value is -0.360. The summed E-state index contributed by atoms with van der Waals surface area (Å²) in [6, 6.07) is 3.85. The van der Waals surface area contributed by atoms with E-state index < -0.39 is 0 Å². The molecule has 0 aliphatic carbocycles. The Morgan fingerprint density at radius 3 is 3.00 bits per heavy atom. The van der Waals surface area contributed by atoms with Crippen LogP contribution < -0.4 is 5.32 Å². The number of aromatic nitrogens is 1. The van der Waals surface area contributed by atoms with Gasteiger partial charge in [0.1, 0.15) is 10.1 Å². The van der Waals surface area contributed by atoms with Crippen molar-refractivity contribution in [2.75, 3.05) is 0 Å². The molecule has 0 aromatic carbocycles. The second kappa shape index (κ2) is 5.12. The van der Waals surface area contributed by atoms with Gasteiger partial charge in [0, 0.05) is 22.0 Å². The van der Waals surface area contributed by atoms with E-state index >= 15 is 0 Å². The zero-order chi connectivity index (χ0) is 10.7. The molecule has 0 atom stereocenters. The van der Waals surface area contributed by atoms with Crippen molar-refractivity contribution in [1.29, 1.82) is 0 Å². The average molecular weight is 308 g/mol. The first-order chi connectivity index (χ1) is 7.25. The summed E-state index contributed by atoms with van der Waals surface area (Å²) in [4.78, 5) is 1.19. The van der Waals surface area contributed by atoms with Crippen LogP contribution in [-0.4, -0.2) is 5.16 Å². The number of halogens is 2. The second-order valence-corrected chi connectivity index (χ2v) is 5.51. The van der Waals surface area contributed by atoms with Gasteiger partial charge in [0.25, 0.3) is 0 Å². The van der Waals surface area contributed by atoms with Crippen molar-refractivity contribution in [3.63, 3.8) is 0 Å². The number of rotatable bonds is 4. The number of thiophene rings is 1. The molecular weight excluding hydrogens is 300 g/mol. The molecule has 80 valence electrons. The molecule has 15 heavy (non-hydrogen) atoms. The number of nitrogens with one attached hydrogen (secondary N) is 1. The Labute approximate surface area is 105 Å². The molecular formula is C9H8BrClN2OS. The van der Waals surface area contributed by atoms with E-state index in [0.29, 0.717) is 6.54 Å². The first kappa shape index (κ1) is 11.1. The summed E-state index contributed by atoms with van der Waals surface area (Å²) in [7, 11) is 0. The van der Waals surface area contributed by atoms with Crippen LogP contribution in [0.4, 0.5) is 0 Å². The summed E-state index contributed by atoms with van der Waals surface area (Å²) in [6.07, 6.45) is 1.63. The normalized spacial score (nSPS) is 10.8. The quantitative estimate of drug-likeness (QED) is 0.940. The van der Waals surface area contributed by atoms with Gasteiger partial charge in [0.05, 0.1) is 12.7 Å². The molecule has 0 aliphatic rings. The van der Waals surface area contributed by atoms with Crippen molar-refractivity contribution in [2.45, 2.75) is 13.1 Å². The molecule has 0 aliphatic heterocycles. The lowest BCUT2D eigenvalue weighted by Crippen LogP contribution is -2.10. The topological polar surface area (TPSA) is 38.1 Å². The lowest BCUT2D eigenvalue weighted by Gasteiger charge is -1.98. The highest BCUT2D eigenvalue weighted by Crippen LogP contribution is 2.31. The number of hydrogen-bond acceptors (Lipinski definition) is 4. The van der Waals surface area contributed by atoms with Gasteiger partial charge in [-0.2, -0.15) is 0 Å². The fourth-order valence-corrected chi connectivity index (χ4v) is 2.88. The maximum absolute atomic E-state index is 5.92. The van der Waals surface area contributed by atoms with Crippen LogP contribution in [0.5, 0.6) is 0 Å². The van der Waals surface area contributed by atoms with E-state index in [4.69, 9.17) is 16.1 Å². The lowest BCUT2D eigenvalue weighted by molar-refractivity contribution is 0.373. The Kier molecular flexibility index (Phi) is 3.80. The summed E-state index contributed by atoms with van der Waals surface area (Å²) in [5.74, 6) is 0.830. The van der Waals surface area contributed by atoms with Crippen LogP contribution >= 0.6 is 38.9 Å². The first-order valence-electron chi connectivity index (χ1n) is 4.29. The third kappa shape index (κ3) is 3.04. The molecule has 0 saturated heterocycles. The van der Waals surface area contributed by atoms with Crippen molar-refractivity contribution in [1.82, 2.24) is 10.5 Å². The van der Waals surface area contributed by atoms with Crippen molar-refractivity contribution >= 4 is 38.9 Å². The van der Waals surface area contributed by atoms with Crippen molar-refractivity contribution in [3.8, 4) is 0 Å². The monoisotopic (exact) mass is 306 g/mol. The predicted octanol–water partition coefficient (Wildman–Crippen LogP) is 3.44. The molecule has 2 aromatic rings. The van der Waals surface area contributed by atoms with E-state index in [2.05, 4.69) is 26.4 Å². The lowest BCUT2D eigenvalue weighted by atomic mass is 10.4. The van der Waals surface area contributed by atoms with Gasteiger partial charge in [0.15, 0.2) is 0 Å². The molecule has 0 saturated carbocycles. The van der Waals surface area contributed by atoms with Gasteiger partial charge < -0.3 is 9.84 Å². The highest BCUT2D eigenvalue weighted by molar-refractivity contribution is 9.10. The number of nitrogens with zero attached hydrogens (tertiary/aromatic N) is 1. The van der Waals surface area contributed by atoms with E-state index in [1.165, 1.54) is 4.88 Å². The summed E-state index contributed by atoms with van der Waals surface area (Å²) in [6.45, 7) is 1.45. The van der Waals surface area contributed by atoms with Crippen LogP contribution in [0.25, 0.3) is 0 Å². The highest BCUT2D eigenvalue weighted by atomic mass is 79.9. The Balaban J connectivity index is 1.83. The zero-order valence-electron chi connectivity index (χ0n) is 7.67. The first-order valence-corrected chi connectivity index (χ1v) is 6.28. The van der Waals surface area contributed by atoms with Crippen LogP contribution in [0.3, 0.4) is 0 Å². The van der Waals surface area contributed by atoms with Gasteiger partial charge in [0.2, 0.25) is 0 Å². The van der Waals surface area contributed by atoms with E-state index in [1.807, 2.05) is 12.1 Å². The summed E-state index contributed by atoms with van der Waals surface area (Å²) < 4.78 is 6.69. The molecule has 0 unspecified atom stereocenters. The average Bonchev–Trinajstić information content (AvgIpc) is 2.79. The second-order valence-electron chi connectivity index (χ2n) is 2.92. The van der Waals surface area contributed by atoms with Crippen molar-refractivity contribution < 1.29 is 4.52 Å². The van der Waals surface area contributed by atoms with Gasteiger partial charge >= 0.3 is 0 Å². The Morgan fingerprint density at radius 2 is 2.40 bits per heavy atom. The van der Waals surface area contributed by atoms with E-state index in [9.17, 15) is 0 Å². The van der Waals surface area contributed by atoms with Gasteiger partial charge in [-0.3, -0.25) is 0 Å². The minimum absolute atomic E-state index is 0.674. The van der Waals surface area contributed by atoms with Crippen LogP contribution in [-0.2, 0) is 13.1 Å². The molecule has 0 bridgehead atoms. The Morgan fingerprint density at radius 1 is 1.53 bits per heavy atom. The van der Waals surface area contributed by atoms with Gasteiger partial charge in [-0.15, -0.1) is 11.3 Å². The van der Waals surface area contributed by atoms with Gasteiger partial charge in [-0.25, -0.2) is 0 Å². The maximum atomic E-state index is 5.92. The molecule has 3 nitrogen and oxygen atoms in total. The van der Waals surface area contributed by atoms with Gasteiger partial charge in [-0.05, 0) is 22.0 Å². The van der Waals surface area contributed by atoms with Crippen LogP contribution in [0.1, 0.15) is 10.6 Å². The highest BCUT2D eigenvalue weighted by Gasteiger charge is 2.04. The van der Waals surface area contributed by atoms with Crippen molar-refractivity contribution in [3.05, 3.63) is 37.8 Å². The van der Waals surface area contributed by atoms with E-state index in [0.717, 1.165) is 21.1 Å². The molecule has 2 aromatic heterocycles. The fourth-order valence-electron chi connectivity index (χ4n) is 1.12. The summed E-state index contributed by atoms with van der Waals surface area (Å²) in [5, 5.41) is 6.87. The molecule has 1 N–H and O–H groups in total. The van der Waals surface area contributed by atoms with Crippen LogP contribution in [0.15, 0.2) is 27.3 Å². The van der Waals surface area contributed by atoms with Crippen molar-refractivity contribution in [2.24, 2.45) is 0 Å². The molecule has 0 radical (unpaired) electrons. The fraction of sp³-hybridized carbons (Fsp3) is 0.222. The molecule has 2 rings (SSSR count). The minimum Gasteiger partial charge on any atom is -0.360 e. The smallest absolute Gasteiger partial charge is 0.150 e. The summed E-state index contributed by atoms with van der Waals surface area (Å²) in [5.41, 5.74) is 0. The van der Waals surface area contributed by atoms with E-state index in [-0.39, 0.29) is 0 Å². The molecule has 0 fully saturated rings. The van der Waals surface area contributed by atoms with Crippen LogP contribution in [0.2, 0.25) is 4.34 Å². The SMILES string of the molecule is Clc1sc(CNCc2ccno2)cc1Br. The molecule has 6 heteroatoms. The third-order valence-electron chi connectivity index (χ3n) is 1.79. The number of hydrogen-bond donors (Lipinski definition) is 1. The molecule has 0 spiro atoms. The minimum atomic E-state index is 0.674. The molecule has 2 heterocycles. The molecule has 0 amide bonds. The predicted molar refractivity (Wildman–Crippen MR) is 64.1 cm³/mol. The van der Waals surface area contributed by atoms with Crippen LogP contribution in [0, 0.1) is 0 Å². The largest absolute Gasteiger partial charge is 0.360 e. The standard InChI is InChI=1S/C9H8BrClN2OS/c10-8-3-7(15-9(8)11)5-12-4-6-1-2-13-14-6/h1-3,12H,4-5H2. The Bertz CT molecular complexity index is 410. The maximum Gasteiger partial charge on any atom is 0.150 e. The zero-order valence-corrected chi connectivity index (χ0v) is 10.8.